The molecule has 0 bridgehead atoms. The van der Waals surface area contributed by atoms with Crippen molar-refractivity contribution in [3.05, 3.63) is 53.6 Å². The SMILES string of the molecule is CCCCOc1ccc(/C=C/C(=O)c2ccc(O)c(OC)c2)cc1OCC. The van der Waals surface area contributed by atoms with E-state index in [1.165, 1.54) is 25.3 Å². The third-order valence-electron chi connectivity index (χ3n) is 3.91. The number of allylic oxidation sites excluding steroid dienone is 1. The number of phenolic OH excluding ortho intramolecular Hbond substituents is 1. The minimum Gasteiger partial charge on any atom is -0.504 e. The summed E-state index contributed by atoms with van der Waals surface area (Å²) in [5.41, 5.74) is 1.27. The van der Waals surface area contributed by atoms with Crippen molar-refractivity contribution in [3.63, 3.8) is 0 Å². The molecule has 0 unspecified atom stereocenters. The highest BCUT2D eigenvalue weighted by Crippen LogP contribution is 2.30. The number of rotatable bonds is 10. The van der Waals surface area contributed by atoms with Gasteiger partial charge in [-0.1, -0.05) is 25.5 Å². The fraction of sp³-hybridized carbons (Fsp3) is 0.318. The van der Waals surface area contributed by atoms with Crippen LogP contribution in [0.1, 0.15) is 42.6 Å². The van der Waals surface area contributed by atoms with Crippen LogP contribution >= 0.6 is 0 Å². The average Bonchev–Trinajstić information content (AvgIpc) is 2.68. The van der Waals surface area contributed by atoms with E-state index in [1.807, 2.05) is 25.1 Å². The van der Waals surface area contributed by atoms with Crippen molar-refractivity contribution in [2.24, 2.45) is 0 Å². The first-order chi connectivity index (χ1) is 13.1. The molecule has 144 valence electrons. The molecule has 0 saturated carbocycles. The highest BCUT2D eigenvalue weighted by atomic mass is 16.5. The predicted molar refractivity (Wildman–Crippen MR) is 106 cm³/mol. The molecule has 0 saturated heterocycles. The number of hydrogen-bond donors (Lipinski definition) is 1. The number of benzene rings is 2. The summed E-state index contributed by atoms with van der Waals surface area (Å²) < 4.78 is 16.5. The monoisotopic (exact) mass is 370 g/mol. The predicted octanol–water partition coefficient (Wildman–Crippen LogP) is 4.87. The first-order valence-electron chi connectivity index (χ1n) is 9.08. The normalized spacial score (nSPS) is 10.8. The van der Waals surface area contributed by atoms with Gasteiger partial charge in [-0.25, -0.2) is 0 Å². The lowest BCUT2D eigenvalue weighted by Gasteiger charge is -2.12. The van der Waals surface area contributed by atoms with Crippen molar-refractivity contribution in [3.8, 4) is 23.0 Å². The van der Waals surface area contributed by atoms with Gasteiger partial charge in [-0.2, -0.15) is 0 Å². The Morgan fingerprint density at radius 2 is 1.85 bits per heavy atom. The number of hydrogen-bond acceptors (Lipinski definition) is 5. The fourth-order valence-electron chi connectivity index (χ4n) is 2.44. The van der Waals surface area contributed by atoms with Crippen LogP contribution in [0.25, 0.3) is 6.08 Å². The molecule has 2 aromatic carbocycles. The van der Waals surface area contributed by atoms with Gasteiger partial charge in [0.1, 0.15) is 0 Å². The van der Waals surface area contributed by atoms with E-state index in [0.29, 0.717) is 30.3 Å². The van der Waals surface area contributed by atoms with Crippen molar-refractivity contribution in [1.29, 1.82) is 0 Å². The van der Waals surface area contributed by atoms with Gasteiger partial charge in [-0.05, 0) is 55.3 Å². The van der Waals surface area contributed by atoms with Gasteiger partial charge >= 0.3 is 0 Å². The Morgan fingerprint density at radius 1 is 1.04 bits per heavy atom. The molecule has 27 heavy (non-hydrogen) atoms. The molecule has 0 radical (unpaired) electrons. The molecule has 1 N–H and O–H groups in total. The average molecular weight is 370 g/mol. The molecule has 0 aliphatic heterocycles. The Labute approximate surface area is 160 Å². The smallest absolute Gasteiger partial charge is 0.185 e. The Hall–Kier alpha value is -2.95. The molecule has 0 fully saturated rings. The van der Waals surface area contributed by atoms with Gasteiger partial charge in [-0.3, -0.25) is 4.79 Å². The van der Waals surface area contributed by atoms with E-state index in [0.717, 1.165) is 18.4 Å². The molecule has 0 atom stereocenters. The Balaban J connectivity index is 2.15. The van der Waals surface area contributed by atoms with Gasteiger partial charge in [0.05, 0.1) is 20.3 Å². The lowest BCUT2D eigenvalue weighted by Crippen LogP contribution is -2.01. The summed E-state index contributed by atoms with van der Waals surface area (Å²) in [6.45, 7) is 5.21. The van der Waals surface area contributed by atoms with Crippen LogP contribution in [0.15, 0.2) is 42.5 Å². The molecular formula is C22H26O5. The highest BCUT2D eigenvalue weighted by Gasteiger charge is 2.09. The van der Waals surface area contributed by atoms with Gasteiger partial charge in [0.2, 0.25) is 0 Å². The molecule has 0 aliphatic rings. The van der Waals surface area contributed by atoms with Crippen LogP contribution in [0.3, 0.4) is 0 Å². The number of phenols is 1. The summed E-state index contributed by atoms with van der Waals surface area (Å²) in [7, 11) is 1.44. The highest BCUT2D eigenvalue weighted by molar-refractivity contribution is 6.07. The maximum Gasteiger partial charge on any atom is 0.185 e. The topological polar surface area (TPSA) is 65.0 Å². The number of aromatic hydroxyl groups is 1. The van der Waals surface area contributed by atoms with E-state index < -0.39 is 0 Å². The number of unbranched alkanes of at least 4 members (excludes halogenated alkanes) is 1. The van der Waals surface area contributed by atoms with Crippen molar-refractivity contribution in [1.82, 2.24) is 0 Å². The van der Waals surface area contributed by atoms with Gasteiger partial charge in [0, 0.05) is 5.56 Å². The number of ketones is 1. The molecule has 2 aromatic rings. The van der Waals surface area contributed by atoms with Crippen molar-refractivity contribution in [2.75, 3.05) is 20.3 Å². The number of ether oxygens (including phenoxy) is 3. The van der Waals surface area contributed by atoms with E-state index in [1.54, 1.807) is 12.1 Å². The van der Waals surface area contributed by atoms with Crippen molar-refractivity contribution < 1.29 is 24.1 Å². The van der Waals surface area contributed by atoms with Gasteiger partial charge in [0.25, 0.3) is 0 Å². The molecule has 0 heterocycles. The van der Waals surface area contributed by atoms with Crippen LogP contribution < -0.4 is 14.2 Å². The summed E-state index contributed by atoms with van der Waals surface area (Å²) in [6.07, 6.45) is 5.25. The Kier molecular flexibility index (Phi) is 7.74. The van der Waals surface area contributed by atoms with E-state index in [4.69, 9.17) is 14.2 Å². The van der Waals surface area contributed by atoms with E-state index in [-0.39, 0.29) is 17.3 Å². The number of carbonyl (C=O) groups is 1. The molecule has 0 spiro atoms. The first kappa shape index (κ1) is 20.4. The van der Waals surface area contributed by atoms with Gasteiger partial charge in [0.15, 0.2) is 28.8 Å². The molecule has 5 nitrogen and oxygen atoms in total. The maximum absolute atomic E-state index is 12.4. The molecular weight excluding hydrogens is 344 g/mol. The van der Waals surface area contributed by atoms with Crippen LogP contribution in [-0.4, -0.2) is 31.2 Å². The summed E-state index contributed by atoms with van der Waals surface area (Å²) in [5.74, 6) is 1.44. The molecule has 0 aromatic heterocycles. The first-order valence-corrected chi connectivity index (χ1v) is 9.08. The third-order valence-corrected chi connectivity index (χ3v) is 3.91. The Bertz CT molecular complexity index is 795. The van der Waals surface area contributed by atoms with Gasteiger partial charge in [-0.15, -0.1) is 0 Å². The molecule has 0 amide bonds. The lowest BCUT2D eigenvalue weighted by molar-refractivity contribution is 0.104. The second-order valence-electron chi connectivity index (χ2n) is 5.93. The lowest BCUT2D eigenvalue weighted by atomic mass is 10.1. The molecule has 0 aliphatic carbocycles. The molecule has 5 heteroatoms. The fourth-order valence-corrected chi connectivity index (χ4v) is 2.44. The van der Waals surface area contributed by atoms with Crippen LogP contribution in [0.5, 0.6) is 23.0 Å². The quantitative estimate of drug-likeness (QED) is 0.367. The van der Waals surface area contributed by atoms with Crippen molar-refractivity contribution in [2.45, 2.75) is 26.7 Å². The van der Waals surface area contributed by atoms with E-state index in [2.05, 4.69) is 6.92 Å². The summed E-state index contributed by atoms with van der Waals surface area (Å²) in [4.78, 5) is 12.4. The standard InChI is InChI=1S/C22H26O5/c1-4-6-13-27-20-12-8-16(14-22(20)26-5-2)7-10-18(23)17-9-11-19(24)21(15-17)25-3/h7-12,14-15,24H,4-6,13H2,1-3H3/b10-7+. The summed E-state index contributed by atoms with van der Waals surface area (Å²) in [6, 6.07) is 10.1. The number of carbonyl (C=O) groups excluding carboxylic acids is 1. The van der Waals surface area contributed by atoms with Crippen molar-refractivity contribution >= 4 is 11.9 Å². The van der Waals surface area contributed by atoms with Crippen LogP contribution in [0, 0.1) is 0 Å². The third kappa shape index (κ3) is 5.78. The van der Waals surface area contributed by atoms with Gasteiger partial charge < -0.3 is 19.3 Å². The second kappa shape index (κ2) is 10.3. The maximum atomic E-state index is 12.4. The zero-order chi connectivity index (χ0) is 19.6. The summed E-state index contributed by atoms with van der Waals surface area (Å²) >= 11 is 0. The largest absolute Gasteiger partial charge is 0.504 e. The zero-order valence-electron chi connectivity index (χ0n) is 16.0. The van der Waals surface area contributed by atoms with E-state index in [9.17, 15) is 9.90 Å². The summed E-state index contributed by atoms with van der Waals surface area (Å²) in [5, 5.41) is 9.63. The molecule has 2 rings (SSSR count). The van der Waals surface area contributed by atoms with Crippen LogP contribution in [0.2, 0.25) is 0 Å². The number of methoxy groups -OCH3 is 1. The minimum absolute atomic E-state index is 0.00181. The second-order valence-corrected chi connectivity index (χ2v) is 5.93. The minimum atomic E-state index is -0.186. The Morgan fingerprint density at radius 3 is 2.56 bits per heavy atom. The van der Waals surface area contributed by atoms with Crippen LogP contribution in [0.4, 0.5) is 0 Å². The van der Waals surface area contributed by atoms with Crippen LogP contribution in [-0.2, 0) is 0 Å². The zero-order valence-corrected chi connectivity index (χ0v) is 16.0. The van der Waals surface area contributed by atoms with E-state index >= 15 is 0 Å².